The molecule has 4 rings (SSSR count). The minimum atomic E-state index is -2.84. The van der Waals surface area contributed by atoms with Gasteiger partial charge in [0.1, 0.15) is 12.0 Å². The first-order chi connectivity index (χ1) is 17.1. The van der Waals surface area contributed by atoms with Crippen LogP contribution in [0.2, 0.25) is 0 Å². The summed E-state index contributed by atoms with van der Waals surface area (Å²) in [6, 6.07) is 2.89. The van der Waals surface area contributed by atoms with Gasteiger partial charge in [0, 0.05) is 48.6 Å². The molecule has 0 unspecified atom stereocenters. The van der Waals surface area contributed by atoms with E-state index in [-0.39, 0.29) is 35.8 Å². The molecule has 0 bridgehead atoms. The minimum absolute atomic E-state index is 0.00106. The lowest BCUT2D eigenvalue weighted by atomic mass is 9.89. The molecule has 0 radical (unpaired) electrons. The first kappa shape index (κ1) is 25.8. The zero-order valence-corrected chi connectivity index (χ0v) is 20.7. The molecule has 3 amide bonds. The average molecular weight is 571 g/mol. The topological polar surface area (TPSA) is 143 Å². The van der Waals surface area contributed by atoms with E-state index in [4.69, 9.17) is 4.52 Å². The Labute approximate surface area is 213 Å². The fourth-order valence-corrected chi connectivity index (χ4v) is 4.97. The molecule has 3 N–H and O–H groups in total. The van der Waals surface area contributed by atoms with Crippen molar-refractivity contribution in [1.82, 2.24) is 15.4 Å². The number of amides is 3. The Balaban J connectivity index is 1.58. The number of alkyl halides is 2. The van der Waals surface area contributed by atoms with Crippen LogP contribution in [0.3, 0.4) is 0 Å². The highest BCUT2D eigenvalue weighted by Crippen LogP contribution is 2.37. The second-order valence-electron chi connectivity index (χ2n) is 8.88. The molecule has 11 nitrogen and oxygen atoms in total. The van der Waals surface area contributed by atoms with Crippen LogP contribution < -0.4 is 16.0 Å². The largest absolute Gasteiger partial charge is 0.374 e. The maximum Gasteiger partial charge on any atom is 0.320 e. The van der Waals surface area contributed by atoms with Crippen LogP contribution in [0.25, 0.3) is 0 Å². The smallest absolute Gasteiger partial charge is 0.320 e. The Kier molecular flexibility index (Phi) is 7.71. The van der Waals surface area contributed by atoms with E-state index in [1.54, 1.807) is 0 Å². The molecule has 2 heterocycles. The van der Waals surface area contributed by atoms with Crippen molar-refractivity contribution >= 4 is 45.1 Å². The van der Waals surface area contributed by atoms with E-state index >= 15 is 0 Å². The van der Waals surface area contributed by atoms with E-state index in [9.17, 15) is 28.5 Å². The van der Waals surface area contributed by atoms with Gasteiger partial charge in [0.15, 0.2) is 5.82 Å². The summed E-state index contributed by atoms with van der Waals surface area (Å²) in [7, 11) is 0. The molecule has 0 spiro atoms. The van der Waals surface area contributed by atoms with Crippen LogP contribution in [0.1, 0.15) is 48.9 Å². The van der Waals surface area contributed by atoms with Gasteiger partial charge < -0.3 is 20.1 Å². The van der Waals surface area contributed by atoms with Gasteiger partial charge in [-0.1, -0.05) is 33.9 Å². The summed E-state index contributed by atoms with van der Waals surface area (Å²) in [6.45, 7) is -0.303. The summed E-state index contributed by atoms with van der Waals surface area (Å²) in [5.41, 5.74) is -0.315. The fraction of sp³-hybridized carbons (Fsp3) is 0.500. The summed E-state index contributed by atoms with van der Waals surface area (Å²) in [6.07, 6.45) is 3.23. The fourth-order valence-electron chi connectivity index (χ4n) is 4.52. The number of anilines is 2. The number of hydrogen-bond donors (Lipinski definition) is 3. The maximum atomic E-state index is 13.6. The molecule has 1 saturated carbocycles. The van der Waals surface area contributed by atoms with E-state index in [0.717, 1.165) is 12.8 Å². The summed E-state index contributed by atoms with van der Waals surface area (Å²) in [4.78, 5) is 38.4. The number of hydrogen-bond acceptors (Lipinski definition) is 7. The Morgan fingerprint density at radius 3 is 2.53 bits per heavy atom. The predicted molar refractivity (Wildman–Crippen MR) is 129 cm³/mol. The second-order valence-corrected chi connectivity index (χ2v) is 9.79. The van der Waals surface area contributed by atoms with Gasteiger partial charge in [0.25, 0.3) is 17.5 Å². The molecule has 2 aliphatic rings. The molecule has 36 heavy (non-hydrogen) atoms. The van der Waals surface area contributed by atoms with Gasteiger partial charge >= 0.3 is 6.03 Å². The molecule has 2 atom stereocenters. The molecular weight excluding hydrogens is 546 g/mol. The van der Waals surface area contributed by atoms with Crippen LogP contribution in [-0.4, -0.2) is 58.0 Å². The second kappa shape index (κ2) is 10.8. The quantitative estimate of drug-likeness (QED) is 0.335. The minimum Gasteiger partial charge on any atom is -0.374 e. The van der Waals surface area contributed by atoms with Crippen molar-refractivity contribution in [3.63, 3.8) is 0 Å². The van der Waals surface area contributed by atoms with Gasteiger partial charge in [0.05, 0.1) is 16.5 Å². The molecular formula is C22H25BrF2N6O5. The standard InChI is InChI=1S/C22H25BrF2N6O5/c23-13-11-14(20(32)30-8-6-22(24,25)7-9-30)19(17(12-13)31(34)35)26-15-3-1-2-4-16(15)27-21(33)28-18-5-10-36-29-18/h5,10-12,15-16,26H,1-4,6-9H2,(H2,27,28,29,33)/t15-,16+/m1/s1. The third kappa shape index (κ3) is 6.09. The molecule has 1 aromatic heterocycles. The van der Waals surface area contributed by atoms with Crippen molar-refractivity contribution in [2.45, 2.75) is 56.5 Å². The Bertz CT molecular complexity index is 1120. The summed E-state index contributed by atoms with van der Waals surface area (Å²) in [5.74, 6) is -3.17. The van der Waals surface area contributed by atoms with Crippen molar-refractivity contribution in [1.29, 1.82) is 0 Å². The number of nitrogens with zero attached hydrogens (tertiary/aromatic N) is 3. The van der Waals surface area contributed by atoms with Crippen LogP contribution in [0, 0.1) is 10.1 Å². The third-order valence-corrected chi connectivity index (χ3v) is 6.84. The lowest BCUT2D eigenvalue weighted by molar-refractivity contribution is -0.384. The van der Waals surface area contributed by atoms with Crippen LogP contribution in [0.4, 0.5) is 30.8 Å². The number of urea groups is 1. The van der Waals surface area contributed by atoms with Crippen molar-refractivity contribution in [2.75, 3.05) is 23.7 Å². The Hall–Kier alpha value is -3.29. The highest BCUT2D eigenvalue weighted by atomic mass is 79.9. The first-order valence-electron chi connectivity index (χ1n) is 11.5. The molecule has 2 fully saturated rings. The number of rotatable bonds is 6. The summed E-state index contributed by atoms with van der Waals surface area (Å²) < 4.78 is 32.3. The Morgan fingerprint density at radius 2 is 1.89 bits per heavy atom. The van der Waals surface area contributed by atoms with Gasteiger partial charge in [-0.25, -0.2) is 13.6 Å². The van der Waals surface area contributed by atoms with Gasteiger partial charge in [-0.2, -0.15) is 0 Å². The van der Waals surface area contributed by atoms with Crippen molar-refractivity contribution in [3.8, 4) is 0 Å². The van der Waals surface area contributed by atoms with Crippen LogP contribution in [0.15, 0.2) is 33.5 Å². The predicted octanol–water partition coefficient (Wildman–Crippen LogP) is 4.76. The number of halogens is 3. The lowest BCUT2D eigenvalue weighted by Crippen LogP contribution is -2.50. The van der Waals surface area contributed by atoms with Crippen molar-refractivity contribution in [2.24, 2.45) is 0 Å². The number of nitro benzene ring substituents is 1. The number of carbonyl (C=O) groups is 2. The lowest BCUT2D eigenvalue weighted by Gasteiger charge is -2.35. The van der Waals surface area contributed by atoms with Gasteiger partial charge in [-0.15, -0.1) is 0 Å². The number of nitro groups is 1. The maximum absolute atomic E-state index is 13.6. The number of benzene rings is 1. The zero-order valence-electron chi connectivity index (χ0n) is 19.1. The number of carbonyl (C=O) groups excluding carboxylic acids is 2. The number of aromatic nitrogens is 1. The molecule has 1 saturated heterocycles. The number of nitrogens with one attached hydrogen (secondary N) is 3. The van der Waals surface area contributed by atoms with Crippen LogP contribution in [-0.2, 0) is 0 Å². The molecule has 1 aromatic carbocycles. The van der Waals surface area contributed by atoms with E-state index in [1.807, 2.05) is 0 Å². The number of piperidine rings is 1. The van der Waals surface area contributed by atoms with E-state index in [0.29, 0.717) is 17.3 Å². The van der Waals surface area contributed by atoms with Crippen molar-refractivity contribution < 1.29 is 27.8 Å². The van der Waals surface area contributed by atoms with E-state index in [2.05, 4.69) is 37.0 Å². The van der Waals surface area contributed by atoms with Crippen LogP contribution >= 0.6 is 15.9 Å². The zero-order chi connectivity index (χ0) is 25.9. The highest BCUT2D eigenvalue weighted by molar-refractivity contribution is 9.10. The molecule has 2 aromatic rings. The van der Waals surface area contributed by atoms with Gasteiger partial charge in [-0.3, -0.25) is 20.2 Å². The molecule has 1 aliphatic heterocycles. The highest BCUT2D eigenvalue weighted by Gasteiger charge is 2.38. The van der Waals surface area contributed by atoms with E-state index < -0.39 is 47.7 Å². The summed E-state index contributed by atoms with van der Waals surface area (Å²) >= 11 is 3.22. The summed E-state index contributed by atoms with van der Waals surface area (Å²) in [5, 5.41) is 24.1. The van der Waals surface area contributed by atoms with Crippen LogP contribution in [0.5, 0.6) is 0 Å². The molecule has 1 aliphatic carbocycles. The SMILES string of the molecule is O=C(Nc1ccon1)N[C@H]1CCCC[C@H]1Nc1c(C(=O)N2CCC(F)(F)CC2)cc(Br)cc1[N+](=O)[O-]. The molecule has 14 heteroatoms. The average Bonchev–Trinajstić information content (AvgIpc) is 3.33. The van der Waals surface area contributed by atoms with E-state index in [1.165, 1.54) is 29.4 Å². The third-order valence-electron chi connectivity index (χ3n) is 6.38. The molecule has 194 valence electrons. The first-order valence-corrected chi connectivity index (χ1v) is 12.3. The monoisotopic (exact) mass is 570 g/mol. The normalized spacial score (nSPS) is 21.5. The van der Waals surface area contributed by atoms with Gasteiger partial charge in [0.2, 0.25) is 0 Å². The number of likely N-dealkylation sites (tertiary alicyclic amines) is 1. The van der Waals surface area contributed by atoms with Gasteiger partial charge in [-0.05, 0) is 18.9 Å². The van der Waals surface area contributed by atoms with Crippen molar-refractivity contribution in [3.05, 3.63) is 44.6 Å². The Morgan fingerprint density at radius 1 is 1.19 bits per heavy atom.